The zero-order valence-corrected chi connectivity index (χ0v) is 17.9. The van der Waals surface area contributed by atoms with Crippen LogP contribution in [0.4, 0.5) is 0 Å². The van der Waals surface area contributed by atoms with Crippen molar-refractivity contribution < 1.29 is 14.3 Å². The Bertz CT molecular complexity index is 1090. The second-order valence-corrected chi connectivity index (χ2v) is 7.64. The third kappa shape index (κ3) is 3.94. The van der Waals surface area contributed by atoms with Gasteiger partial charge in [-0.3, -0.25) is 4.79 Å². The molecule has 0 bridgehead atoms. The monoisotopic (exact) mass is 409 g/mol. The highest BCUT2D eigenvalue weighted by atomic mass is 16.5. The summed E-state index contributed by atoms with van der Waals surface area (Å²) in [6.07, 6.45) is 3.50. The Kier molecular flexibility index (Phi) is 5.57. The van der Waals surface area contributed by atoms with Crippen LogP contribution in [0.3, 0.4) is 0 Å². The van der Waals surface area contributed by atoms with Crippen LogP contribution in [0.2, 0.25) is 0 Å². The minimum Gasteiger partial charge on any atom is -0.494 e. The van der Waals surface area contributed by atoms with Crippen molar-refractivity contribution in [2.24, 2.45) is 0 Å². The van der Waals surface area contributed by atoms with Gasteiger partial charge in [-0.1, -0.05) is 0 Å². The van der Waals surface area contributed by atoms with Crippen molar-refractivity contribution in [2.45, 2.75) is 59.6 Å². The molecule has 8 heteroatoms. The molecule has 0 aliphatic carbocycles. The fraction of sp³-hybridized carbons (Fsp3) is 0.455. The van der Waals surface area contributed by atoms with E-state index in [9.17, 15) is 4.79 Å². The number of hydrogen-bond donors (Lipinski definition) is 1. The van der Waals surface area contributed by atoms with Gasteiger partial charge in [0.05, 0.1) is 6.61 Å². The fourth-order valence-corrected chi connectivity index (χ4v) is 3.95. The number of hydrogen-bond acceptors (Lipinski definition) is 6. The first kappa shape index (κ1) is 20.1. The Labute approximate surface area is 175 Å². The van der Waals surface area contributed by atoms with Crippen molar-refractivity contribution in [3.8, 4) is 11.5 Å². The summed E-state index contributed by atoms with van der Waals surface area (Å²) >= 11 is 0. The predicted octanol–water partition coefficient (Wildman–Crippen LogP) is 2.71. The quantitative estimate of drug-likeness (QED) is 0.645. The van der Waals surface area contributed by atoms with Gasteiger partial charge >= 0.3 is 0 Å². The van der Waals surface area contributed by atoms with E-state index < -0.39 is 0 Å². The summed E-state index contributed by atoms with van der Waals surface area (Å²) in [5.74, 6) is 2.25. The Balaban J connectivity index is 1.42. The zero-order valence-electron chi connectivity index (χ0n) is 17.9. The van der Waals surface area contributed by atoms with Gasteiger partial charge < -0.3 is 14.8 Å². The number of amides is 1. The van der Waals surface area contributed by atoms with Gasteiger partial charge in [-0.25, -0.2) is 9.50 Å². The van der Waals surface area contributed by atoms with Gasteiger partial charge in [0.15, 0.2) is 0 Å². The van der Waals surface area contributed by atoms with Gasteiger partial charge in [-0.05, 0) is 51.8 Å². The van der Waals surface area contributed by atoms with Crippen molar-refractivity contribution in [1.82, 2.24) is 24.9 Å². The van der Waals surface area contributed by atoms with Gasteiger partial charge in [0.25, 0.3) is 5.78 Å². The molecule has 3 heterocycles. The van der Waals surface area contributed by atoms with Crippen LogP contribution in [-0.4, -0.2) is 38.2 Å². The molecule has 4 rings (SSSR count). The van der Waals surface area contributed by atoms with E-state index in [2.05, 4.69) is 27.3 Å². The molecule has 8 nitrogen and oxygen atoms in total. The molecule has 0 saturated carbocycles. The average molecular weight is 409 g/mol. The van der Waals surface area contributed by atoms with E-state index in [0.29, 0.717) is 31.8 Å². The molecular weight excluding hydrogens is 382 g/mol. The highest BCUT2D eigenvalue weighted by Gasteiger charge is 2.22. The maximum atomic E-state index is 12.5. The van der Waals surface area contributed by atoms with E-state index in [1.165, 1.54) is 6.33 Å². The topological polar surface area (TPSA) is 90.6 Å². The summed E-state index contributed by atoms with van der Waals surface area (Å²) in [4.78, 5) is 21.1. The van der Waals surface area contributed by atoms with Crippen molar-refractivity contribution in [3.05, 3.63) is 46.5 Å². The predicted molar refractivity (Wildman–Crippen MR) is 112 cm³/mol. The number of fused-ring (bicyclic) bond motifs is 2. The lowest BCUT2D eigenvalue weighted by molar-refractivity contribution is -0.121. The lowest BCUT2D eigenvalue weighted by Crippen LogP contribution is -2.24. The minimum absolute atomic E-state index is 0.0234. The van der Waals surface area contributed by atoms with Gasteiger partial charge in [0.1, 0.15) is 23.9 Å². The molecule has 1 N–H and O–H groups in total. The van der Waals surface area contributed by atoms with Crippen LogP contribution >= 0.6 is 0 Å². The normalized spacial score (nSPS) is 15.1. The zero-order chi connectivity index (χ0) is 21.3. The molecule has 1 aliphatic heterocycles. The van der Waals surface area contributed by atoms with Gasteiger partial charge in [-0.15, -0.1) is 0 Å². The second-order valence-electron chi connectivity index (χ2n) is 7.64. The van der Waals surface area contributed by atoms with Crippen molar-refractivity contribution in [1.29, 1.82) is 0 Å². The van der Waals surface area contributed by atoms with Crippen molar-refractivity contribution >= 4 is 11.7 Å². The van der Waals surface area contributed by atoms with Gasteiger partial charge in [0.2, 0.25) is 5.91 Å². The minimum atomic E-state index is -0.0234. The molecule has 158 valence electrons. The summed E-state index contributed by atoms with van der Waals surface area (Å²) in [5, 5.41) is 7.21. The lowest BCUT2D eigenvalue weighted by atomic mass is 10.1. The third-order valence-corrected chi connectivity index (χ3v) is 5.45. The number of nitrogens with one attached hydrogen (secondary N) is 1. The first-order valence-electron chi connectivity index (χ1n) is 10.3. The number of aromatic nitrogens is 4. The highest BCUT2D eigenvalue weighted by molar-refractivity contribution is 5.76. The molecule has 0 spiro atoms. The number of benzene rings is 1. The van der Waals surface area contributed by atoms with E-state index in [1.807, 2.05) is 32.9 Å². The smallest absolute Gasteiger partial charge is 0.252 e. The van der Waals surface area contributed by atoms with E-state index in [1.54, 1.807) is 4.52 Å². The van der Waals surface area contributed by atoms with Crippen LogP contribution in [0.15, 0.2) is 18.5 Å². The number of rotatable bonds is 7. The maximum absolute atomic E-state index is 12.5. The van der Waals surface area contributed by atoms with E-state index >= 15 is 0 Å². The number of carbonyl (C=O) groups is 1. The molecule has 1 aliphatic rings. The van der Waals surface area contributed by atoms with Crippen LogP contribution < -0.4 is 14.8 Å². The Morgan fingerprint density at radius 1 is 1.37 bits per heavy atom. The van der Waals surface area contributed by atoms with E-state index in [0.717, 1.165) is 46.0 Å². The summed E-state index contributed by atoms with van der Waals surface area (Å²) in [7, 11) is 0. The number of nitrogens with zero attached hydrogens (tertiary/aromatic N) is 4. The first-order valence-corrected chi connectivity index (χ1v) is 10.3. The third-order valence-electron chi connectivity index (χ3n) is 5.45. The molecule has 0 radical (unpaired) electrons. The number of carbonyl (C=O) groups excluding carboxylic acids is 1. The summed E-state index contributed by atoms with van der Waals surface area (Å²) in [6.45, 7) is 8.90. The number of ether oxygens (including phenoxy) is 2. The van der Waals surface area contributed by atoms with Gasteiger partial charge in [-0.2, -0.15) is 10.1 Å². The molecule has 1 aromatic carbocycles. The highest BCUT2D eigenvalue weighted by Crippen LogP contribution is 2.35. The summed E-state index contributed by atoms with van der Waals surface area (Å²) < 4.78 is 13.4. The second kappa shape index (κ2) is 8.30. The van der Waals surface area contributed by atoms with Crippen molar-refractivity contribution in [3.63, 3.8) is 0 Å². The largest absolute Gasteiger partial charge is 0.494 e. The Hall–Kier alpha value is -3.16. The molecule has 30 heavy (non-hydrogen) atoms. The molecule has 1 atom stereocenters. The molecule has 3 aromatic rings. The van der Waals surface area contributed by atoms with Crippen LogP contribution in [0.25, 0.3) is 5.78 Å². The number of aryl methyl sites for hydroxylation is 2. The van der Waals surface area contributed by atoms with Crippen molar-refractivity contribution in [2.75, 3.05) is 6.61 Å². The molecule has 1 amide bonds. The van der Waals surface area contributed by atoms with Crippen LogP contribution in [0.1, 0.15) is 48.3 Å². The first-order chi connectivity index (χ1) is 14.5. The van der Waals surface area contributed by atoms with E-state index in [-0.39, 0.29) is 12.0 Å². The van der Waals surface area contributed by atoms with Crippen LogP contribution in [0.5, 0.6) is 11.5 Å². The fourth-order valence-electron chi connectivity index (χ4n) is 3.95. The molecule has 0 fully saturated rings. The van der Waals surface area contributed by atoms with Gasteiger partial charge in [0, 0.05) is 41.9 Å². The molecular formula is C22H27N5O3. The van der Waals surface area contributed by atoms with Crippen LogP contribution in [-0.2, 0) is 24.2 Å². The lowest BCUT2D eigenvalue weighted by Gasteiger charge is -2.14. The average Bonchev–Trinajstić information content (AvgIpc) is 3.31. The Morgan fingerprint density at radius 3 is 3.00 bits per heavy atom. The summed E-state index contributed by atoms with van der Waals surface area (Å²) in [5.41, 5.74) is 4.95. The Morgan fingerprint density at radius 2 is 2.20 bits per heavy atom. The maximum Gasteiger partial charge on any atom is 0.252 e. The molecule has 2 aromatic heterocycles. The SMILES string of the molecule is CCOc1cc2c(cc1CNC(=O)CCc1c(C)nc3ncnn3c1C)O[C@@H](C)C2. The van der Waals surface area contributed by atoms with Crippen LogP contribution in [0, 0.1) is 13.8 Å². The standard InChI is InChI=1S/C22H27N5O3/c1-5-29-19-9-16-8-13(2)30-20(16)10-17(19)11-23-21(28)7-6-18-14(3)26-22-24-12-25-27(22)15(18)4/h9-10,12-13H,5-8,11H2,1-4H3,(H,23,28)/t13-/m0/s1. The molecule has 0 saturated heterocycles. The molecule has 0 unspecified atom stereocenters. The summed E-state index contributed by atoms with van der Waals surface area (Å²) in [6, 6.07) is 4.02. The van der Waals surface area contributed by atoms with E-state index in [4.69, 9.17) is 9.47 Å².